The number of carbonyl (C=O) groups excluding carboxylic acids is 2. The van der Waals surface area contributed by atoms with Gasteiger partial charge in [0.25, 0.3) is 5.91 Å². The van der Waals surface area contributed by atoms with Gasteiger partial charge in [-0.1, -0.05) is 30.3 Å². The van der Waals surface area contributed by atoms with Gasteiger partial charge >= 0.3 is 12.1 Å². The number of carbonyl (C=O) groups is 2. The molecule has 0 radical (unpaired) electrons. The highest BCUT2D eigenvalue weighted by molar-refractivity contribution is 5.91. The minimum atomic E-state index is -4.47. The van der Waals surface area contributed by atoms with Gasteiger partial charge in [-0.3, -0.25) is 4.79 Å². The molecule has 2 rings (SSSR count). The topological polar surface area (TPSA) is 55.4 Å². The molecule has 2 aromatic rings. The summed E-state index contributed by atoms with van der Waals surface area (Å²) in [6, 6.07) is 12.7. The predicted octanol–water partition coefficient (Wildman–Crippen LogP) is 3.18. The van der Waals surface area contributed by atoms with Crippen LogP contribution in [0.2, 0.25) is 0 Å². The number of benzene rings is 2. The van der Waals surface area contributed by atoms with Gasteiger partial charge in [0.2, 0.25) is 0 Å². The van der Waals surface area contributed by atoms with E-state index in [1.54, 1.807) is 0 Å². The molecule has 24 heavy (non-hydrogen) atoms. The van der Waals surface area contributed by atoms with Crippen LogP contribution in [0.5, 0.6) is 0 Å². The number of esters is 1. The Balaban J connectivity index is 1.81. The summed E-state index contributed by atoms with van der Waals surface area (Å²) < 4.78 is 42.1. The molecule has 0 bridgehead atoms. The van der Waals surface area contributed by atoms with E-state index in [9.17, 15) is 22.8 Å². The Hall–Kier alpha value is -2.83. The van der Waals surface area contributed by atoms with Crippen LogP contribution in [0.4, 0.5) is 13.2 Å². The zero-order valence-electron chi connectivity index (χ0n) is 12.5. The molecular weight excluding hydrogens is 323 g/mol. The summed E-state index contributed by atoms with van der Waals surface area (Å²) in [4.78, 5) is 23.3. The van der Waals surface area contributed by atoms with E-state index in [0.717, 1.165) is 29.8 Å². The van der Waals surface area contributed by atoms with Crippen LogP contribution >= 0.6 is 0 Å². The van der Waals surface area contributed by atoms with E-state index < -0.39 is 30.2 Å². The lowest BCUT2D eigenvalue weighted by atomic mass is 10.1. The Morgan fingerprint density at radius 3 is 2.17 bits per heavy atom. The molecule has 2 aromatic carbocycles. The summed E-state index contributed by atoms with van der Waals surface area (Å²) in [6.07, 6.45) is -4.47. The Bertz CT molecular complexity index is 697. The Morgan fingerprint density at radius 2 is 1.58 bits per heavy atom. The number of alkyl halides is 3. The van der Waals surface area contributed by atoms with Crippen LogP contribution in [0, 0.1) is 0 Å². The van der Waals surface area contributed by atoms with Gasteiger partial charge in [0.15, 0.2) is 6.61 Å². The number of nitrogens with one attached hydrogen (secondary N) is 1. The minimum Gasteiger partial charge on any atom is -0.452 e. The normalized spacial score (nSPS) is 11.0. The SMILES string of the molecule is O=C(COC(=O)c1ccc(C(F)(F)F)cc1)NCc1ccccc1. The van der Waals surface area contributed by atoms with Gasteiger partial charge < -0.3 is 10.1 Å². The van der Waals surface area contributed by atoms with Crippen LogP contribution in [0.1, 0.15) is 21.5 Å². The molecule has 0 heterocycles. The first kappa shape index (κ1) is 17.5. The van der Waals surface area contributed by atoms with Gasteiger partial charge in [0.1, 0.15) is 0 Å². The molecule has 0 aliphatic carbocycles. The van der Waals surface area contributed by atoms with E-state index in [4.69, 9.17) is 4.74 Å². The fourth-order valence-electron chi connectivity index (χ4n) is 1.86. The van der Waals surface area contributed by atoms with Crippen molar-refractivity contribution in [1.82, 2.24) is 5.32 Å². The molecule has 4 nitrogen and oxygen atoms in total. The molecule has 0 aromatic heterocycles. The molecule has 126 valence electrons. The summed E-state index contributed by atoms with van der Waals surface area (Å²) in [5.74, 6) is -1.36. The lowest BCUT2D eigenvalue weighted by Crippen LogP contribution is -2.28. The van der Waals surface area contributed by atoms with Crippen molar-refractivity contribution >= 4 is 11.9 Å². The Labute approximate surface area is 136 Å². The maximum absolute atomic E-state index is 12.4. The third-order valence-electron chi connectivity index (χ3n) is 3.11. The molecule has 0 aliphatic rings. The molecule has 1 N–H and O–H groups in total. The third-order valence-corrected chi connectivity index (χ3v) is 3.11. The summed E-state index contributed by atoms with van der Waals surface area (Å²) in [7, 11) is 0. The summed E-state index contributed by atoms with van der Waals surface area (Å²) in [5, 5.41) is 2.57. The van der Waals surface area contributed by atoms with Crippen molar-refractivity contribution < 1.29 is 27.5 Å². The molecular formula is C17H14F3NO3. The first-order chi connectivity index (χ1) is 11.4. The number of hydrogen-bond acceptors (Lipinski definition) is 3. The average molecular weight is 337 g/mol. The standard InChI is InChI=1S/C17H14F3NO3/c18-17(19,20)14-8-6-13(7-9-14)16(23)24-11-15(22)21-10-12-4-2-1-3-5-12/h1-9H,10-11H2,(H,21,22). The van der Waals surface area contributed by atoms with Crippen molar-refractivity contribution in [3.63, 3.8) is 0 Å². The lowest BCUT2D eigenvalue weighted by molar-refractivity contribution is -0.137. The highest BCUT2D eigenvalue weighted by Crippen LogP contribution is 2.29. The zero-order valence-corrected chi connectivity index (χ0v) is 12.5. The molecule has 0 saturated carbocycles. The first-order valence-electron chi connectivity index (χ1n) is 7.01. The number of halogens is 3. The fraction of sp³-hybridized carbons (Fsp3) is 0.176. The monoisotopic (exact) mass is 337 g/mol. The van der Waals surface area contributed by atoms with Crippen molar-refractivity contribution in [2.75, 3.05) is 6.61 Å². The van der Waals surface area contributed by atoms with Crippen LogP contribution in [0.25, 0.3) is 0 Å². The predicted molar refractivity (Wildman–Crippen MR) is 80.0 cm³/mol. The molecule has 0 saturated heterocycles. The van der Waals surface area contributed by atoms with Crippen molar-refractivity contribution in [3.8, 4) is 0 Å². The van der Waals surface area contributed by atoms with Gasteiger partial charge in [0, 0.05) is 6.54 Å². The van der Waals surface area contributed by atoms with E-state index in [-0.39, 0.29) is 12.1 Å². The van der Waals surface area contributed by atoms with Gasteiger partial charge in [-0.05, 0) is 29.8 Å². The highest BCUT2D eigenvalue weighted by Gasteiger charge is 2.30. The second-order valence-corrected chi connectivity index (χ2v) is 4.91. The molecule has 1 amide bonds. The van der Waals surface area contributed by atoms with E-state index in [1.165, 1.54) is 0 Å². The van der Waals surface area contributed by atoms with E-state index in [0.29, 0.717) is 0 Å². The fourth-order valence-corrected chi connectivity index (χ4v) is 1.86. The first-order valence-corrected chi connectivity index (χ1v) is 7.01. The Morgan fingerprint density at radius 1 is 0.958 bits per heavy atom. The van der Waals surface area contributed by atoms with Gasteiger partial charge in [-0.25, -0.2) is 4.79 Å². The van der Waals surface area contributed by atoms with Crippen molar-refractivity contribution in [2.24, 2.45) is 0 Å². The average Bonchev–Trinajstić information content (AvgIpc) is 2.58. The van der Waals surface area contributed by atoms with E-state index >= 15 is 0 Å². The second kappa shape index (κ2) is 7.63. The molecule has 0 aliphatic heterocycles. The number of rotatable bonds is 5. The third kappa shape index (κ3) is 5.12. The number of ether oxygens (including phenoxy) is 1. The van der Waals surface area contributed by atoms with Gasteiger partial charge in [0.05, 0.1) is 11.1 Å². The minimum absolute atomic E-state index is 0.0566. The molecule has 0 unspecified atom stereocenters. The van der Waals surface area contributed by atoms with Crippen LogP contribution in [-0.4, -0.2) is 18.5 Å². The molecule has 0 fully saturated rings. The smallest absolute Gasteiger partial charge is 0.416 e. The van der Waals surface area contributed by atoms with Crippen LogP contribution in [0.15, 0.2) is 54.6 Å². The van der Waals surface area contributed by atoms with Crippen LogP contribution in [-0.2, 0) is 22.3 Å². The van der Waals surface area contributed by atoms with E-state index in [1.807, 2.05) is 30.3 Å². The van der Waals surface area contributed by atoms with Crippen LogP contribution in [0.3, 0.4) is 0 Å². The quantitative estimate of drug-likeness (QED) is 0.853. The van der Waals surface area contributed by atoms with Gasteiger partial charge in [-0.15, -0.1) is 0 Å². The summed E-state index contributed by atoms with van der Waals surface area (Å²) in [5.41, 5.74) is -0.0292. The molecule has 0 spiro atoms. The Kier molecular flexibility index (Phi) is 5.57. The summed E-state index contributed by atoms with van der Waals surface area (Å²) >= 11 is 0. The largest absolute Gasteiger partial charge is 0.452 e. The zero-order chi connectivity index (χ0) is 17.6. The highest BCUT2D eigenvalue weighted by atomic mass is 19.4. The van der Waals surface area contributed by atoms with Crippen molar-refractivity contribution in [2.45, 2.75) is 12.7 Å². The number of amides is 1. The van der Waals surface area contributed by atoms with E-state index in [2.05, 4.69) is 5.32 Å². The molecule has 0 atom stereocenters. The lowest BCUT2D eigenvalue weighted by Gasteiger charge is -2.08. The molecule has 7 heteroatoms. The maximum atomic E-state index is 12.4. The second-order valence-electron chi connectivity index (χ2n) is 4.91. The maximum Gasteiger partial charge on any atom is 0.416 e. The van der Waals surface area contributed by atoms with Crippen LogP contribution < -0.4 is 5.32 Å². The van der Waals surface area contributed by atoms with Crippen molar-refractivity contribution in [3.05, 3.63) is 71.3 Å². The van der Waals surface area contributed by atoms with Crippen molar-refractivity contribution in [1.29, 1.82) is 0 Å². The summed E-state index contributed by atoms with van der Waals surface area (Å²) in [6.45, 7) is -0.218. The number of hydrogen-bond donors (Lipinski definition) is 1. The van der Waals surface area contributed by atoms with Gasteiger partial charge in [-0.2, -0.15) is 13.2 Å².